The van der Waals surface area contributed by atoms with Gasteiger partial charge in [0.25, 0.3) is 5.91 Å². The number of fused-ring (bicyclic) bond motifs is 1. The average Bonchev–Trinajstić information content (AvgIpc) is 3.49. The van der Waals surface area contributed by atoms with Gasteiger partial charge in [0.1, 0.15) is 6.54 Å². The molecule has 0 saturated heterocycles. The molecule has 6 heteroatoms. The Morgan fingerprint density at radius 3 is 2.45 bits per heavy atom. The highest BCUT2D eigenvalue weighted by Crippen LogP contribution is 2.38. The third kappa shape index (κ3) is 5.07. The van der Waals surface area contributed by atoms with Crippen LogP contribution in [0.25, 0.3) is 0 Å². The first-order chi connectivity index (χ1) is 15.8. The van der Waals surface area contributed by atoms with E-state index < -0.39 is 0 Å². The largest absolute Gasteiger partial charge is 0.330 e. The molecule has 2 aromatic heterocycles. The monoisotopic (exact) mass is 480 g/mol. The molecule has 0 saturated carbocycles. The summed E-state index contributed by atoms with van der Waals surface area (Å²) in [7, 11) is 0. The van der Waals surface area contributed by atoms with E-state index in [-0.39, 0.29) is 29.8 Å². The van der Waals surface area contributed by atoms with Gasteiger partial charge in [-0.25, -0.2) is 0 Å². The van der Waals surface area contributed by atoms with Gasteiger partial charge in [0.05, 0.1) is 10.9 Å². The smallest absolute Gasteiger partial charge is 0.264 e. The predicted molar refractivity (Wildman–Crippen MR) is 137 cm³/mol. The highest BCUT2D eigenvalue weighted by molar-refractivity contribution is 7.12. The van der Waals surface area contributed by atoms with Crippen molar-refractivity contribution in [3.63, 3.8) is 0 Å². The van der Waals surface area contributed by atoms with E-state index in [1.165, 1.54) is 27.3 Å². The SMILES string of the molecule is CCCN(CC(=O)N1CCc2sccc2[C@@H]1c1ccc(C(C)(C)C)cc1)C(=O)c1cccs1. The summed E-state index contributed by atoms with van der Waals surface area (Å²) in [6.07, 6.45) is 1.68. The molecule has 1 aromatic carbocycles. The van der Waals surface area contributed by atoms with Crippen molar-refractivity contribution in [2.75, 3.05) is 19.6 Å². The highest BCUT2D eigenvalue weighted by Gasteiger charge is 2.34. The minimum absolute atomic E-state index is 0.00936. The van der Waals surface area contributed by atoms with E-state index in [2.05, 4.69) is 56.5 Å². The predicted octanol–water partition coefficient (Wildman–Crippen LogP) is 6.13. The summed E-state index contributed by atoms with van der Waals surface area (Å²) >= 11 is 3.19. The first-order valence-corrected chi connectivity index (χ1v) is 13.3. The first kappa shape index (κ1) is 23.7. The van der Waals surface area contributed by atoms with E-state index in [4.69, 9.17) is 0 Å². The third-order valence-electron chi connectivity index (χ3n) is 6.22. The van der Waals surface area contributed by atoms with Crippen molar-refractivity contribution in [3.05, 3.63) is 79.7 Å². The van der Waals surface area contributed by atoms with Crippen LogP contribution in [-0.2, 0) is 16.6 Å². The molecule has 4 rings (SSSR count). The summed E-state index contributed by atoms with van der Waals surface area (Å²) in [6, 6.07) is 14.5. The molecular weight excluding hydrogens is 448 g/mol. The highest BCUT2D eigenvalue weighted by atomic mass is 32.1. The van der Waals surface area contributed by atoms with Crippen LogP contribution in [0.1, 0.15) is 71.4 Å². The van der Waals surface area contributed by atoms with Gasteiger partial charge < -0.3 is 9.80 Å². The van der Waals surface area contributed by atoms with Crippen LogP contribution in [0.4, 0.5) is 0 Å². The summed E-state index contributed by atoms with van der Waals surface area (Å²) in [5.74, 6) is -0.0467. The standard InChI is InChI=1S/C27H32N2O2S2/c1-5-14-28(26(31)23-7-6-16-32-23)18-24(30)29-15-12-22-21(13-17-33-22)25(29)19-8-10-20(11-9-19)27(2,3)4/h6-11,13,16-17,25H,5,12,14-15,18H2,1-4H3/t25-/m0/s1. The topological polar surface area (TPSA) is 40.6 Å². The Bertz CT molecular complexity index is 1090. The molecule has 174 valence electrons. The van der Waals surface area contributed by atoms with Gasteiger partial charge in [-0.05, 0) is 57.8 Å². The van der Waals surface area contributed by atoms with Crippen LogP contribution in [0.15, 0.2) is 53.2 Å². The van der Waals surface area contributed by atoms with E-state index in [1.807, 2.05) is 29.3 Å². The normalized spacial score (nSPS) is 15.9. The molecule has 0 aliphatic carbocycles. The molecule has 0 bridgehead atoms. The summed E-state index contributed by atoms with van der Waals surface area (Å²) in [5, 5.41) is 4.03. The minimum Gasteiger partial charge on any atom is -0.330 e. The number of amides is 2. The summed E-state index contributed by atoms with van der Waals surface area (Å²) in [4.78, 5) is 32.4. The van der Waals surface area contributed by atoms with Crippen LogP contribution >= 0.6 is 22.7 Å². The molecule has 0 fully saturated rings. The molecule has 1 aliphatic rings. The van der Waals surface area contributed by atoms with E-state index in [9.17, 15) is 9.59 Å². The maximum absolute atomic E-state index is 13.6. The van der Waals surface area contributed by atoms with Crippen LogP contribution in [-0.4, -0.2) is 41.2 Å². The first-order valence-electron chi connectivity index (χ1n) is 11.6. The van der Waals surface area contributed by atoms with Gasteiger partial charge in [0, 0.05) is 18.0 Å². The van der Waals surface area contributed by atoms with Crippen molar-refractivity contribution >= 4 is 34.5 Å². The van der Waals surface area contributed by atoms with Crippen molar-refractivity contribution in [1.82, 2.24) is 9.80 Å². The van der Waals surface area contributed by atoms with Gasteiger partial charge in [0.2, 0.25) is 5.91 Å². The lowest BCUT2D eigenvalue weighted by Gasteiger charge is -2.37. The van der Waals surface area contributed by atoms with E-state index in [0.29, 0.717) is 18.0 Å². The Hall–Kier alpha value is -2.44. The lowest BCUT2D eigenvalue weighted by atomic mass is 9.85. The van der Waals surface area contributed by atoms with Crippen LogP contribution in [0.3, 0.4) is 0 Å². The van der Waals surface area contributed by atoms with Crippen LogP contribution in [0, 0.1) is 0 Å². The molecular formula is C27H32N2O2S2. The number of thiophene rings is 2. The summed E-state index contributed by atoms with van der Waals surface area (Å²) in [6.45, 7) is 10.0. The molecule has 1 atom stereocenters. The zero-order chi connectivity index (χ0) is 23.6. The molecule has 0 unspecified atom stereocenters. The second-order valence-corrected chi connectivity index (χ2v) is 11.6. The Labute approximate surface area is 204 Å². The average molecular weight is 481 g/mol. The number of hydrogen-bond acceptors (Lipinski definition) is 4. The van der Waals surface area contributed by atoms with Crippen molar-refractivity contribution in [2.45, 2.75) is 52.0 Å². The minimum atomic E-state index is -0.109. The quantitative estimate of drug-likeness (QED) is 0.426. The molecule has 4 nitrogen and oxygen atoms in total. The number of hydrogen-bond donors (Lipinski definition) is 0. The van der Waals surface area contributed by atoms with Gasteiger partial charge in [-0.3, -0.25) is 9.59 Å². The van der Waals surface area contributed by atoms with E-state index in [0.717, 1.165) is 18.4 Å². The Morgan fingerprint density at radius 1 is 1.06 bits per heavy atom. The number of carbonyl (C=O) groups excluding carboxylic acids is 2. The fourth-order valence-electron chi connectivity index (χ4n) is 4.44. The molecule has 2 amide bonds. The second kappa shape index (κ2) is 9.82. The maximum atomic E-state index is 13.6. The molecule has 0 radical (unpaired) electrons. The van der Waals surface area contributed by atoms with Crippen molar-refractivity contribution in [2.24, 2.45) is 0 Å². The zero-order valence-electron chi connectivity index (χ0n) is 19.8. The fraction of sp³-hybridized carbons (Fsp3) is 0.407. The fourth-order valence-corrected chi connectivity index (χ4v) is 6.04. The number of carbonyl (C=O) groups is 2. The van der Waals surface area contributed by atoms with E-state index in [1.54, 1.807) is 16.2 Å². The number of benzene rings is 1. The summed E-state index contributed by atoms with van der Waals surface area (Å²) in [5.41, 5.74) is 3.70. The van der Waals surface area contributed by atoms with Crippen molar-refractivity contribution in [3.8, 4) is 0 Å². The third-order valence-corrected chi connectivity index (χ3v) is 8.07. The molecule has 0 spiro atoms. The van der Waals surface area contributed by atoms with E-state index >= 15 is 0 Å². The molecule has 3 aromatic rings. The summed E-state index contributed by atoms with van der Waals surface area (Å²) < 4.78 is 0. The second-order valence-electron chi connectivity index (χ2n) is 9.61. The lowest BCUT2D eigenvalue weighted by molar-refractivity contribution is -0.134. The van der Waals surface area contributed by atoms with Crippen molar-refractivity contribution in [1.29, 1.82) is 0 Å². The maximum Gasteiger partial charge on any atom is 0.264 e. The van der Waals surface area contributed by atoms with Gasteiger partial charge in [0.15, 0.2) is 0 Å². The molecule has 3 heterocycles. The number of nitrogens with zero attached hydrogens (tertiary/aromatic N) is 2. The van der Waals surface area contributed by atoms with Crippen LogP contribution < -0.4 is 0 Å². The van der Waals surface area contributed by atoms with Gasteiger partial charge in [-0.15, -0.1) is 22.7 Å². The number of rotatable bonds is 6. The Balaban J connectivity index is 1.62. The molecule has 0 N–H and O–H groups in total. The van der Waals surface area contributed by atoms with Gasteiger partial charge in [-0.2, -0.15) is 0 Å². The molecule has 1 aliphatic heterocycles. The molecule has 33 heavy (non-hydrogen) atoms. The lowest BCUT2D eigenvalue weighted by Crippen LogP contribution is -2.46. The van der Waals surface area contributed by atoms with Gasteiger partial charge >= 0.3 is 0 Å². The Morgan fingerprint density at radius 2 is 1.82 bits per heavy atom. The Kier molecular flexibility index (Phi) is 7.05. The van der Waals surface area contributed by atoms with Crippen molar-refractivity contribution < 1.29 is 9.59 Å². The van der Waals surface area contributed by atoms with Crippen LogP contribution in [0.2, 0.25) is 0 Å². The van der Waals surface area contributed by atoms with Gasteiger partial charge in [-0.1, -0.05) is 58.0 Å². The van der Waals surface area contributed by atoms with Crippen LogP contribution in [0.5, 0.6) is 0 Å². The zero-order valence-corrected chi connectivity index (χ0v) is 21.5.